The van der Waals surface area contributed by atoms with Gasteiger partial charge in [-0.2, -0.15) is 0 Å². The van der Waals surface area contributed by atoms with E-state index in [1.54, 1.807) is 0 Å². The fourth-order valence-corrected chi connectivity index (χ4v) is 5.14. The molecule has 0 bridgehead atoms. The van der Waals surface area contributed by atoms with E-state index in [4.69, 9.17) is 5.11 Å². The van der Waals surface area contributed by atoms with Crippen LogP contribution in [0.2, 0.25) is 0 Å². The number of hydrogen-bond acceptors (Lipinski definition) is 3. The van der Waals surface area contributed by atoms with Crippen LogP contribution >= 0.6 is 0 Å². The number of carboxylic acid groups (broad SMARTS) is 1. The quantitative estimate of drug-likeness (QED) is 0.542. The van der Waals surface area contributed by atoms with Crippen molar-refractivity contribution in [1.29, 1.82) is 0 Å². The van der Waals surface area contributed by atoms with Gasteiger partial charge in [0.1, 0.15) is 0 Å². The minimum Gasteiger partial charge on any atom is -0.478 e. The van der Waals surface area contributed by atoms with Crippen LogP contribution in [0.3, 0.4) is 0 Å². The van der Waals surface area contributed by atoms with Crippen molar-refractivity contribution in [3.63, 3.8) is 0 Å². The monoisotopic (exact) mass is 336 g/mol. The van der Waals surface area contributed by atoms with E-state index in [1.807, 2.05) is 13.0 Å². The number of aliphatic carboxylic acids is 1. The van der Waals surface area contributed by atoms with Gasteiger partial charge in [-0.15, -0.1) is 0 Å². The Hall–Kier alpha value is -1.13. The summed E-state index contributed by atoms with van der Waals surface area (Å²) in [6.07, 6.45) is 5.37. The molecule has 2 rings (SSSR count). The first-order chi connectivity index (χ1) is 11.0. The van der Waals surface area contributed by atoms with Gasteiger partial charge < -0.3 is 15.3 Å². The number of rotatable bonds is 4. The molecule has 2 aliphatic carbocycles. The number of aliphatic hydroxyl groups excluding tert-OH is 2. The molecule has 0 heterocycles. The zero-order valence-corrected chi connectivity index (χ0v) is 15.5. The predicted octanol–water partition coefficient (Wildman–Crippen LogP) is 3.54. The van der Waals surface area contributed by atoms with E-state index in [0.29, 0.717) is 12.8 Å². The second-order valence-electron chi connectivity index (χ2n) is 8.52. The first kappa shape index (κ1) is 19.2. The molecule has 1 fully saturated rings. The number of carboxylic acids is 1. The lowest BCUT2D eigenvalue weighted by atomic mass is 9.46. The summed E-state index contributed by atoms with van der Waals surface area (Å²) >= 11 is 0. The van der Waals surface area contributed by atoms with Crippen LogP contribution in [0.4, 0.5) is 0 Å². The third-order valence-corrected chi connectivity index (χ3v) is 7.06. The molecule has 0 saturated heterocycles. The lowest BCUT2D eigenvalue weighted by Gasteiger charge is -2.60. The van der Waals surface area contributed by atoms with Gasteiger partial charge in [-0.3, -0.25) is 0 Å². The van der Waals surface area contributed by atoms with E-state index in [2.05, 4.69) is 27.7 Å². The highest BCUT2D eigenvalue weighted by molar-refractivity contribution is 5.80. The molecule has 0 radical (unpaired) electrons. The van der Waals surface area contributed by atoms with Crippen molar-refractivity contribution < 1.29 is 20.1 Å². The Bertz CT molecular complexity index is 564. The van der Waals surface area contributed by atoms with Crippen molar-refractivity contribution in [1.82, 2.24) is 0 Å². The molecule has 0 unspecified atom stereocenters. The van der Waals surface area contributed by atoms with Crippen LogP contribution < -0.4 is 0 Å². The Morgan fingerprint density at radius 2 is 2.00 bits per heavy atom. The van der Waals surface area contributed by atoms with Gasteiger partial charge in [0.05, 0.1) is 12.2 Å². The van der Waals surface area contributed by atoms with E-state index in [1.165, 1.54) is 11.6 Å². The van der Waals surface area contributed by atoms with E-state index in [0.717, 1.165) is 18.4 Å². The van der Waals surface area contributed by atoms with Crippen LogP contribution in [0.25, 0.3) is 0 Å². The van der Waals surface area contributed by atoms with Crippen molar-refractivity contribution in [2.24, 2.45) is 22.7 Å². The fourth-order valence-electron chi connectivity index (χ4n) is 5.14. The highest BCUT2D eigenvalue weighted by atomic mass is 16.4. The second-order valence-corrected chi connectivity index (χ2v) is 8.52. The molecular weight excluding hydrogens is 304 g/mol. The van der Waals surface area contributed by atoms with Gasteiger partial charge in [-0.1, -0.05) is 38.0 Å². The van der Waals surface area contributed by atoms with Crippen LogP contribution in [0.1, 0.15) is 60.3 Å². The summed E-state index contributed by atoms with van der Waals surface area (Å²) in [6.45, 7) is 10.4. The van der Waals surface area contributed by atoms with Crippen LogP contribution in [0.15, 0.2) is 23.3 Å². The second kappa shape index (κ2) is 6.64. The van der Waals surface area contributed by atoms with Gasteiger partial charge in [0.2, 0.25) is 0 Å². The number of hydrogen-bond donors (Lipinski definition) is 3. The van der Waals surface area contributed by atoms with E-state index in [9.17, 15) is 15.0 Å². The molecule has 4 heteroatoms. The SMILES string of the molecule is CC1=C[C@@H](O)C[C@@H]2[C@@](C)(CC/C(C)=C/C(=O)O)[C@H](C)[C@@H](O)C[C@@]12C. The average Bonchev–Trinajstić information content (AvgIpc) is 2.46. The van der Waals surface area contributed by atoms with Crippen molar-refractivity contribution in [3.8, 4) is 0 Å². The molecule has 6 atom stereocenters. The third kappa shape index (κ3) is 3.31. The van der Waals surface area contributed by atoms with Crippen molar-refractivity contribution >= 4 is 5.97 Å². The summed E-state index contributed by atoms with van der Waals surface area (Å²) in [4.78, 5) is 10.9. The molecule has 0 amide bonds. The van der Waals surface area contributed by atoms with Gasteiger partial charge in [0.25, 0.3) is 0 Å². The molecule has 2 aliphatic rings. The normalized spacial score (nSPS) is 43.1. The molecule has 4 nitrogen and oxygen atoms in total. The highest BCUT2D eigenvalue weighted by Crippen LogP contribution is 2.61. The minimum absolute atomic E-state index is 0.107. The van der Waals surface area contributed by atoms with E-state index < -0.39 is 12.1 Å². The Morgan fingerprint density at radius 1 is 1.38 bits per heavy atom. The van der Waals surface area contributed by atoms with Crippen molar-refractivity contribution in [2.45, 2.75) is 72.5 Å². The average molecular weight is 336 g/mol. The lowest BCUT2D eigenvalue weighted by molar-refractivity contribution is -0.131. The number of fused-ring (bicyclic) bond motifs is 1. The Labute approximate surface area is 145 Å². The van der Waals surface area contributed by atoms with Crippen LogP contribution in [0.5, 0.6) is 0 Å². The summed E-state index contributed by atoms with van der Waals surface area (Å²) in [7, 11) is 0. The molecule has 0 aromatic rings. The molecule has 1 saturated carbocycles. The lowest BCUT2D eigenvalue weighted by Crippen LogP contribution is -2.56. The van der Waals surface area contributed by atoms with E-state index in [-0.39, 0.29) is 28.8 Å². The maximum Gasteiger partial charge on any atom is 0.328 e. The van der Waals surface area contributed by atoms with Crippen LogP contribution in [-0.2, 0) is 4.79 Å². The Kier molecular flexibility index (Phi) is 5.31. The number of aliphatic hydroxyl groups is 2. The molecule has 0 aliphatic heterocycles. The Balaban J connectivity index is 2.34. The van der Waals surface area contributed by atoms with Gasteiger partial charge in [0, 0.05) is 6.08 Å². The summed E-state index contributed by atoms with van der Waals surface area (Å²) in [5.41, 5.74) is 1.77. The molecule has 0 aromatic carbocycles. The summed E-state index contributed by atoms with van der Waals surface area (Å²) < 4.78 is 0. The molecule has 136 valence electrons. The van der Waals surface area contributed by atoms with Gasteiger partial charge in [-0.05, 0) is 62.2 Å². The largest absolute Gasteiger partial charge is 0.478 e. The molecule has 3 N–H and O–H groups in total. The van der Waals surface area contributed by atoms with Gasteiger partial charge >= 0.3 is 5.97 Å². The minimum atomic E-state index is -0.911. The fraction of sp³-hybridized carbons (Fsp3) is 0.750. The van der Waals surface area contributed by atoms with Gasteiger partial charge in [0.15, 0.2) is 0 Å². The summed E-state index contributed by atoms with van der Waals surface area (Å²) in [5.74, 6) is -0.515. The topological polar surface area (TPSA) is 77.8 Å². The molecule has 0 spiro atoms. The summed E-state index contributed by atoms with van der Waals surface area (Å²) in [6, 6.07) is 0. The Morgan fingerprint density at radius 3 is 2.58 bits per heavy atom. The van der Waals surface area contributed by atoms with Crippen molar-refractivity contribution in [2.75, 3.05) is 0 Å². The molecule has 24 heavy (non-hydrogen) atoms. The highest BCUT2D eigenvalue weighted by Gasteiger charge is 2.57. The maximum atomic E-state index is 10.9. The number of carbonyl (C=O) groups is 1. The predicted molar refractivity (Wildman–Crippen MR) is 94.5 cm³/mol. The third-order valence-electron chi connectivity index (χ3n) is 7.06. The molecular formula is C20H32O4. The summed E-state index contributed by atoms with van der Waals surface area (Å²) in [5, 5.41) is 29.9. The van der Waals surface area contributed by atoms with Gasteiger partial charge in [-0.25, -0.2) is 4.79 Å². The standard InChI is InChI=1S/C20H32O4/c1-12(8-18(23)24)6-7-19(4)14(3)16(22)11-20(5)13(2)9-15(21)10-17(19)20/h8-9,14-17,21-22H,6-7,10-11H2,1-5H3,(H,23,24)/b12-8+/t14-,15-,16+,17-,19+,20+/m1/s1. The zero-order valence-electron chi connectivity index (χ0n) is 15.5. The van der Waals surface area contributed by atoms with Crippen LogP contribution in [-0.4, -0.2) is 33.5 Å². The first-order valence-electron chi connectivity index (χ1n) is 8.96. The first-order valence-corrected chi connectivity index (χ1v) is 8.96. The smallest absolute Gasteiger partial charge is 0.328 e. The zero-order chi connectivity index (χ0) is 18.3. The van der Waals surface area contributed by atoms with E-state index >= 15 is 0 Å². The number of allylic oxidation sites excluding steroid dienone is 2. The van der Waals surface area contributed by atoms with Crippen molar-refractivity contribution in [3.05, 3.63) is 23.3 Å². The molecule has 0 aromatic heterocycles. The van der Waals surface area contributed by atoms with Crippen LogP contribution in [0, 0.1) is 22.7 Å². The maximum absolute atomic E-state index is 10.9.